The van der Waals surface area contributed by atoms with Gasteiger partial charge in [-0.15, -0.1) is 0 Å². The summed E-state index contributed by atoms with van der Waals surface area (Å²) in [5.41, 5.74) is 19.8. The van der Waals surface area contributed by atoms with E-state index in [-0.39, 0.29) is 56.6 Å². The molecule has 0 bridgehead atoms. The van der Waals surface area contributed by atoms with Crippen molar-refractivity contribution in [1.29, 1.82) is 10.5 Å². The maximum absolute atomic E-state index is 13.3. The zero-order valence-corrected chi connectivity index (χ0v) is 49.9. The molecule has 2 radical (unpaired) electrons. The molecule has 0 aliphatic heterocycles. The summed E-state index contributed by atoms with van der Waals surface area (Å²) in [6.45, 7) is 27.2. The number of aliphatic imine (C=N–C) groups is 4. The molecule has 0 aliphatic rings. The van der Waals surface area contributed by atoms with Crippen LogP contribution in [0.15, 0.2) is 141 Å². The van der Waals surface area contributed by atoms with E-state index in [9.17, 15) is 20.4 Å². The quantitative estimate of drug-likeness (QED) is 0.122. The summed E-state index contributed by atoms with van der Waals surface area (Å²) in [6.07, 6.45) is 6.37. The van der Waals surface area contributed by atoms with E-state index in [1.54, 1.807) is 110 Å². The van der Waals surface area contributed by atoms with Crippen LogP contribution in [0, 0.1) is 106 Å². The van der Waals surface area contributed by atoms with Gasteiger partial charge in [0.2, 0.25) is 0 Å². The Kier molecular flexibility index (Phi) is 25.3. The van der Waals surface area contributed by atoms with Crippen molar-refractivity contribution in [2.75, 3.05) is 0 Å². The number of para-hydroxylation sites is 4. The zero-order valence-electron chi connectivity index (χ0n) is 47.8. The Labute approximate surface area is 493 Å². The van der Waals surface area contributed by atoms with Gasteiger partial charge in [-0.05, 0) is 172 Å². The van der Waals surface area contributed by atoms with Crippen LogP contribution in [-0.4, -0.2) is 24.9 Å². The minimum atomic E-state index is -0.222. The second-order valence-electron chi connectivity index (χ2n) is 19.4. The molecular weight excluding hydrogens is 1080 g/mol. The van der Waals surface area contributed by atoms with Crippen LogP contribution < -0.4 is 20.4 Å². The van der Waals surface area contributed by atoms with Gasteiger partial charge < -0.3 is 20.4 Å². The van der Waals surface area contributed by atoms with Crippen LogP contribution in [0.3, 0.4) is 0 Å². The molecular formula is C68H66Co2N6O4. The van der Waals surface area contributed by atoms with Crippen molar-refractivity contribution in [2.45, 2.75) is 96.9 Å². The third kappa shape index (κ3) is 16.8. The second kappa shape index (κ2) is 30.7. The SMILES string of the molecule is CC#N.CC#N.Cc1cc(C)c(N=Cc2cccc(-c3cccc(C=Nc4c(C)cc(C)cc4C)c3[O-])c2[O-])c(C)c1.Cc1cc(C)c(N=Cc2cccc(-c3cccc(C=Nc4c(C)cc(C)cc4C)c3[O-])c2[O-])c(C)c1.[Co+2].[Co+2]. The van der Waals surface area contributed by atoms with Crippen molar-refractivity contribution in [2.24, 2.45) is 20.0 Å². The minimum Gasteiger partial charge on any atom is -0.872 e. The molecule has 12 heteroatoms. The average molecular weight is 1150 g/mol. The molecule has 0 fully saturated rings. The van der Waals surface area contributed by atoms with Gasteiger partial charge in [0.1, 0.15) is 0 Å². The molecule has 0 saturated heterocycles. The van der Waals surface area contributed by atoms with E-state index in [0.717, 1.165) is 67.3 Å². The van der Waals surface area contributed by atoms with Gasteiger partial charge in [-0.1, -0.05) is 167 Å². The van der Waals surface area contributed by atoms with E-state index in [4.69, 9.17) is 10.5 Å². The summed E-state index contributed by atoms with van der Waals surface area (Å²) >= 11 is 0. The van der Waals surface area contributed by atoms with Crippen molar-refractivity contribution >= 4 is 47.6 Å². The summed E-state index contributed by atoms with van der Waals surface area (Å²) < 4.78 is 0. The van der Waals surface area contributed by atoms with Gasteiger partial charge in [-0.25, -0.2) is 0 Å². The van der Waals surface area contributed by atoms with Crippen LogP contribution in [-0.2, 0) is 33.6 Å². The number of hydrogen-bond donors (Lipinski definition) is 0. The van der Waals surface area contributed by atoms with Gasteiger partial charge in [-0.2, -0.15) is 10.5 Å². The van der Waals surface area contributed by atoms with Crippen molar-refractivity contribution in [1.82, 2.24) is 0 Å². The maximum atomic E-state index is 13.3. The molecule has 8 aromatic rings. The fraction of sp³-hybridized carbons (Fsp3) is 0.206. The molecule has 0 aromatic heterocycles. The maximum Gasteiger partial charge on any atom is 2.00 e. The molecule has 0 atom stereocenters. The van der Waals surface area contributed by atoms with E-state index >= 15 is 0 Å². The fourth-order valence-corrected chi connectivity index (χ4v) is 9.52. The largest absolute Gasteiger partial charge is 2.00 e. The van der Waals surface area contributed by atoms with Crippen molar-refractivity contribution in [3.05, 3.63) is 210 Å². The topological polar surface area (TPSA) is 189 Å². The van der Waals surface area contributed by atoms with Crippen LogP contribution in [0.1, 0.15) is 103 Å². The Morgan fingerprint density at radius 3 is 0.613 bits per heavy atom. The Balaban J connectivity index is 0.000000374. The fourth-order valence-electron chi connectivity index (χ4n) is 9.52. The molecule has 0 aliphatic carbocycles. The monoisotopic (exact) mass is 1150 g/mol. The third-order valence-corrected chi connectivity index (χ3v) is 12.6. The average Bonchev–Trinajstić information content (AvgIpc) is 3.35. The van der Waals surface area contributed by atoms with Gasteiger partial charge in [0.25, 0.3) is 0 Å². The smallest absolute Gasteiger partial charge is 0.872 e. The molecule has 8 aromatic carbocycles. The van der Waals surface area contributed by atoms with Gasteiger partial charge in [-0.3, -0.25) is 20.0 Å². The van der Waals surface area contributed by atoms with Crippen molar-refractivity contribution < 1.29 is 54.0 Å². The molecule has 0 saturated carbocycles. The van der Waals surface area contributed by atoms with Crippen LogP contribution in [0.2, 0.25) is 0 Å². The first kappa shape index (κ1) is 65.9. The molecule has 410 valence electrons. The molecule has 8 rings (SSSR count). The van der Waals surface area contributed by atoms with Crippen LogP contribution >= 0.6 is 0 Å². The summed E-state index contributed by atoms with van der Waals surface area (Å²) in [7, 11) is 0. The number of nitrogens with zero attached hydrogens (tertiary/aromatic N) is 6. The Hall–Kier alpha value is -8.37. The Bertz CT molecular complexity index is 3150. The van der Waals surface area contributed by atoms with Crippen LogP contribution in [0.5, 0.6) is 23.0 Å². The van der Waals surface area contributed by atoms with Gasteiger partial charge in [0.05, 0.1) is 34.9 Å². The normalized spacial score (nSPS) is 10.7. The molecule has 80 heavy (non-hydrogen) atoms. The first-order chi connectivity index (χ1) is 37.1. The molecule has 10 nitrogen and oxygen atoms in total. The predicted octanol–water partition coefficient (Wildman–Crippen LogP) is 14.8. The summed E-state index contributed by atoms with van der Waals surface area (Å²) in [4.78, 5) is 18.5. The number of benzene rings is 8. The molecule has 0 amide bonds. The Morgan fingerprint density at radius 2 is 0.463 bits per heavy atom. The molecule has 0 spiro atoms. The second-order valence-corrected chi connectivity index (χ2v) is 19.4. The van der Waals surface area contributed by atoms with E-state index in [0.29, 0.717) is 44.5 Å². The zero-order chi connectivity index (χ0) is 57.4. The molecule has 0 heterocycles. The van der Waals surface area contributed by atoms with E-state index < -0.39 is 0 Å². The molecule has 0 unspecified atom stereocenters. The predicted molar refractivity (Wildman–Crippen MR) is 316 cm³/mol. The van der Waals surface area contributed by atoms with Gasteiger partial charge >= 0.3 is 33.6 Å². The standard InChI is InChI=1S/2C32H32N2O2.2C2H3N.2Co/c2*1-19-13-21(3)29(22(4)14-19)33-17-25-9-7-11-27(31(25)35)28-12-8-10-26(32(28)36)18-34-30-23(5)15-20(2)16-24(30)6;2*1-2-3;;/h2*7-18,35-36H,1-6H3;2*1H3;;/q;;;;2*+2/p-4. The number of nitriles is 2. The van der Waals surface area contributed by atoms with Crippen molar-refractivity contribution in [3.8, 4) is 57.4 Å². The summed E-state index contributed by atoms with van der Waals surface area (Å²) in [5.74, 6) is -0.889. The molecule has 0 N–H and O–H groups in total. The van der Waals surface area contributed by atoms with E-state index in [1.807, 2.05) is 55.4 Å². The first-order valence-electron chi connectivity index (χ1n) is 25.4. The third-order valence-electron chi connectivity index (χ3n) is 12.6. The van der Waals surface area contributed by atoms with Gasteiger partial charge in [0, 0.05) is 38.7 Å². The van der Waals surface area contributed by atoms with Crippen LogP contribution in [0.25, 0.3) is 22.3 Å². The number of aryl methyl sites for hydroxylation is 12. The summed E-state index contributed by atoms with van der Waals surface area (Å²) in [5, 5.41) is 67.9. The van der Waals surface area contributed by atoms with E-state index in [1.165, 1.54) is 36.1 Å². The Morgan fingerprint density at radius 1 is 0.312 bits per heavy atom. The van der Waals surface area contributed by atoms with Gasteiger partial charge in [0.15, 0.2) is 0 Å². The van der Waals surface area contributed by atoms with E-state index in [2.05, 4.69) is 96.2 Å². The van der Waals surface area contributed by atoms with Crippen molar-refractivity contribution in [3.63, 3.8) is 0 Å². The summed E-state index contributed by atoms with van der Waals surface area (Å²) in [6, 6.07) is 40.9. The first-order valence-corrected chi connectivity index (χ1v) is 25.4. The minimum absolute atomic E-state index is 0. The van der Waals surface area contributed by atoms with Crippen LogP contribution in [0.4, 0.5) is 22.7 Å². The number of rotatable bonds is 10. The number of hydrogen-bond acceptors (Lipinski definition) is 10.